The summed E-state index contributed by atoms with van der Waals surface area (Å²) in [6.45, 7) is 7.47. The summed E-state index contributed by atoms with van der Waals surface area (Å²) in [7, 11) is 1.91. The minimum atomic E-state index is 0.0835. The summed E-state index contributed by atoms with van der Waals surface area (Å²) in [5.74, 6) is 0.0835. The summed E-state index contributed by atoms with van der Waals surface area (Å²) < 4.78 is 0. The van der Waals surface area contributed by atoms with Crippen LogP contribution in [0, 0.1) is 6.92 Å². The number of H-pyrrole nitrogens is 1. The SMILES string of the molecule is CCCN1CCC(N(C)C(=O)c2cn[nH]c2C)CC1. The molecule has 1 aliphatic rings. The van der Waals surface area contributed by atoms with Crippen LogP contribution in [-0.2, 0) is 0 Å². The number of aromatic nitrogens is 2. The average Bonchev–Trinajstić information content (AvgIpc) is 2.84. The van der Waals surface area contributed by atoms with Gasteiger partial charge in [-0.05, 0) is 32.7 Å². The molecule has 2 rings (SSSR count). The van der Waals surface area contributed by atoms with E-state index in [0.717, 1.165) is 31.6 Å². The fraction of sp³-hybridized carbons (Fsp3) is 0.714. The highest BCUT2D eigenvalue weighted by atomic mass is 16.2. The average molecular weight is 264 g/mol. The van der Waals surface area contributed by atoms with Gasteiger partial charge in [-0.15, -0.1) is 0 Å². The van der Waals surface area contributed by atoms with Gasteiger partial charge in [0, 0.05) is 31.9 Å². The van der Waals surface area contributed by atoms with Crippen LogP contribution < -0.4 is 0 Å². The lowest BCUT2D eigenvalue weighted by Gasteiger charge is -2.36. The van der Waals surface area contributed by atoms with Crippen molar-refractivity contribution >= 4 is 5.91 Å². The molecular weight excluding hydrogens is 240 g/mol. The molecule has 1 aromatic heterocycles. The van der Waals surface area contributed by atoms with E-state index in [1.54, 1.807) is 6.20 Å². The molecule has 1 aliphatic heterocycles. The first-order valence-corrected chi connectivity index (χ1v) is 7.13. The summed E-state index contributed by atoms with van der Waals surface area (Å²) in [5, 5.41) is 6.75. The number of amides is 1. The van der Waals surface area contributed by atoms with Crippen LogP contribution in [0.15, 0.2) is 6.20 Å². The number of rotatable bonds is 4. The molecule has 1 N–H and O–H groups in total. The predicted molar refractivity (Wildman–Crippen MR) is 75.2 cm³/mol. The van der Waals surface area contributed by atoms with E-state index in [0.29, 0.717) is 11.6 Å². The van der Waals surface area contributed by atoms with Crippen LogP contribution in [0.4, 0.5) is 0 Å². The van der Waals surface area contributed by atoms with Crippen molar-refractivity contribution < 1.29 is 4.79 Å². The van der Waals surface area contributed by atoms with Crippen molar-refractivity contribution in [2.75, 3.05) is 26.7 Å². The highest BCUT2D eigenvalue weighted by Crippen LogP contribution is 2.18. The molecule has 1 fully saturated rings. The molecule has 0 saturated carbocycles. The van der Waals surface area contributed by atoms with E-state index in [2.05, 4.69) is 22.0 Å². The van der Waals surface area contributed by atoms with E-state index in [1.807, 2.05) is 18.9 Å². The second kappa shape index (κ2) is 6.19. The number of hydrogen-bond donors (Lipinski definition) is 1. The number of hydrogen-bond acceptors (Lipinski definition) is 3. The Balaban J connectivity index is 1.92. The van der Waals surface area contributed by atoms with Crippen molar-refractivity contribution in [3.63, 3.8) is 0 Å². The largest absolute Gasteiger partial charge is 0.339 e. The number of carbonyl (C=O) groups is 1. The highest BCUT2D eigenvalue weighted by molar-refractivity contribution is 5.95. The Hall–Kier alpha value is -1.36. The van der Waals surface area contributed by atoms with Crippen LogP contribution in [-0.4, -0.2) is 58.6 Å². The van der Waals surface area contributed by atoms with Crippen LogP contribution >= 0.6 is 0 Å². The number of aromatic amines is 1. The van der Waals surface area contributed by atoms with Gasteiger partial charge in [0.25, 0.3) is 5.91 Å². The number of nitrogens with one attached hydrogen (secondary N) is 1. The molecule has 0 atom stereocenters. The van der Waals surface area contributed by atoms with Crippen LogP contribution in [0.5, 0.6) is 0 Å². The smallest absolute Gasteiger partial charge is 0.257 e. The molecule has 5 nitrogen and oxygen atoms in total. The van der Waals surface area contributed by atoms with Gasteiger partial charge in [-0.1, -0.05) is 6.92 Å². The van der Waals surface area contributed by atoms with Gasteiger partial charge >= 0.3 is 0 Å². The summed E-state index contributed by atoms with van der Waals surface area (Å²) in [5.41, 5.74) is 1.54. The van der Waals surface area contributed by atoms with E-state index >= 15 is 0 Å². The van der Waals surface area contributed by atoms with Crippen LogP contribution in [0.25, 0.3) is 0 Å². The second-order valence-corrected chi connectivity index (χ2v) is 5.40. The molecule has 19 heavy (non-hydrogen) atoms. The number of aryl methyl sites for hydroxylation is 1. The third-order valence-corrected chi connectivity index (χ3v) is 4.03. The molecule has 0 aromatic carbocycles. The maximum atomic E-state index is 12.4. The van der Waals surface area contributed by atoms with E-state index in [9.17, 15) is 4.79 Å². The molecule has 1 aromatic rings. The summed E-state index contributed by atoms with van der Waals surface area (Å²) >= 11 is 0. The molecule has 1 saturated heterocycles. The van der Waals surface area contributed by atoms with Gasteiger partial charge in [0.05, 0.1) is 11.8 Å². The summed E-state index contributed by atoms with van der Waals surface area (Å²) in [6, 6.07) is 0.356. The normalized spacial score (nSPS) is 17.6. The van der Waals surface area contributed by atoms with E-state index in [4.69, 9.17) is 0 Å². The first-order valence-electron chi connectivity index (χ1n) is 7.13. The molecule has 0 spiro atoms. The van der Waals surface area contributed by atoms with Gasteiger partial charge < -0.3 is 9.80 Å². The maximum absolute atomic E-state index is 12.4. The molecule has 5 heteroatoms. The van der Waals surface area contributed by atoms with E-state index < -0.39 is 0 Å². The lowest BCUT2D eigenvalue weighted by molar-refractivity contribution is 0.0642. The minimum absolute atomic E-state index is 0.0835. The fourth-order valence-corrected chi connectivity index (χ4v) is 2.77. The molecule has 0 radical (unpaired) electrons. The topological polar surface area (TPSA) is 52.2 Å². The third-order valence-electron chi connectivity index (χ3n) is 4.03. The maximum Gasteiger partial charge on any atom is 0.257 e. The fourth-order valence-electron chi connectivity index (χ4n) is 2.77. The molecule has 0 bridgehead atoms. The zero-order chi connectivity index (χ0) is 13.8. The van der Waals surface area contributed by atoms with Crippen molar-refractivity contribution in [3.8, 4) is 0 Å². The summed E-state index contributed by atoms with van der Waals surface area (Å²) in [6.07, 6.45) is 4.96. The molecule has 0 aliphatic carbocycles. The van der Waals surface area contributed by atoms with E-state index in [1.165, 1.54) is 13.0 Å². The predicted octanol–water partition coefficient (Wildman–Crippen LogP) is 1.66. The van der Waals surface area contributed by atoms with Crippen molar-refractivity contribution in [3.05, 3.63) is 17.5 Å². The lowest BCUT2D eigenvalue weighted by atomic mass is 10.0. The monoisotopic (exact) mass is 264 g/mol. The van der Waals surface area contributed by atoms with Crippen molar-refractivity contribution in [1.82, 2.24) is 20.0 Å². The second-order valence-electron chi connectivity index (χ2n) is 5.40. The number of carbonyl (C=O) groups excluding carboxylic acids is 1. The van der Waals surface area contributed by atoms with Crippen LogP contribution in [0.2, 0.25) is 0 Å². The van der Waals surface area contributed by atoms with Crippen molar-refractivity contribution in [2.45, 2.75) is 39.2 Å². The zero-order valence-electron chi connectivity index (χ0n) is 12.1. The van der Waals surface area contributed by atoms with Gasteiger partial charge in [-0.2, -0.15) is 5.10 Å². The minimum Gasteiger partial charge on any atom is -0.339 e. The number of piperidine rings is 1. The quantitative estimate of drug-likeness (QED) is 0.900. The highest BCUT2D eigenvalue weighted by Gasteiger charge is 2.26. The van der Waals surface area contributed by atoms with Crippen molar-refractivity contribution in [1.29, 1.82) is 0 Å². The molecule has 2 heterocycles. The molecule has 106 valence electrons. The van der Waals surface area contributed by atoms with E-state index in [-0.39, 0.29) is 5.91 Å². The Labute approximate surface area is 115 Å². The lowest BCUT2D eigenvalue weighted by Crippen LogP contribution is -2.45. The Bertz CT molecular complexity index is 421. The zero-order valence-corrected chi connectivity index (χ0v) is 12.1. The first-order chi connectivity index (χ1) is 9.13. The Morgan fingerprint density at radius 2 is 2.21 bits per heavy atom. The van der Waals surface area contributed by atoms with Crippen LogP contribution in [0.1, 0.15) is 42.2 Å². The molecule has 1 amide bonds. The standard InChI is InChI=1S/C14H24N4O/c1-4-7-18-8-5-12(6-9-18)17(3)14(19)13-10-15-16-11(13)2/h10,12H,4-9H2,1-3H3,(H,15,16). The first kappa shape index (κ1) is 14.1. The van der Waals surface area contributed by atoms with Gasteiger partial charge in [0.1, 0.15) is 0 Å². The van der Waals surface area contributed by atoms with Crippen LogP contribution in [0.3, 0.4) is 0 Å². The molecule has 0 unspecified atom stereocenters. The third kappa shape index (κ3) is 3.15. The molecular formula is C14H24N4O. The van der Waals surface area contributed by atoms with Crippen molar-refractivity contribution in [2.24, 2.45) is 0 Å². The number of nitrogens with zero attached hydrogens (tertiary/aromatic N) is 3. The summed E-state index contributed by atoms with van der Waals surface area (Å²) in [4.78, 5) is 16.8. The van der Waals surface area contributed by atoms with Gasteiger partial charge in [-0.25, -0.2) is 0 Å². The number of likely N-dealkylation sites (tertiary alicyclic amines) is 1. The van der Waals surface area contributed by atoms with Gasteiger partial charge in [0.2, 0.25) is 0 Å². The Morgan fingerprint density at radius 3 is 2.74 bits per heavy atom. The Kier molecular flexibility index (Phi) is 4.58. The van der Waals surface area contributed by atoms with Gasteiger partial charge in [0.15, 0.2) is 0 Å². The van der Waals surface area contributed by atoms with Gasteiger partial charge in [-0.3, -0.25) is 9.89 Å². The Morgan fingerprint density at radius 1 is 1.53 bits per heavy atom.